The van der Waals surface area contributed by atoms with E-state index in [4.69, 9.17) is 0 Å². The number of fused-ring (bicyclic) bond motifs is 1. The highest BCUT2D eigenvalue weighted by Gasteiger charge is 2.14. The maximum atomic E-state index is 11.0. The predicted octanol–water partition coefficient (Wildman–Crippen LogP) is 1.46. The molecule has 0 unspecified atom stereocenters. The van der Waals surface area contributed by atoms with Crippen molar-refractivity contribution in [2.24, 2.45) is 0 Å². The van der Waals surface area contributed by atoms with Gasteiger partial charge in [-0.3, -0.25) is 9.78 Å². The van der Waals surface area contributed by atoms with Crippen molar-refractivity contribution < 1.29 is 4.79 Å². The van der Waals surface area contributed by atoms with Gasteiger partial charge in [-0.05, 0) is 12.1 Å². The first-order chi connectivity index (χ1) is 8.90. The average molecular weight is 241 g/mol. The summed E-state index contributed by atoms with van der Waals surface area (Å²) in [6.45, 7) is 3.98. The van der Waals surface area contributed by atoms with Crippen molar-refractivity contribution in [3.63, 3.8) is 0 Å². The lowest BCUT2D eigenvalue weighted by atomic mass is 10.1. The number of anilines is 1. The highest BCUT2D eigenvalue weighted by atomic mass is 16.1. The summed E-state index contributed by atoms with van der Waals surface area (Å²) in [6.07, 6.45) is 2.66. The van der Waals surface area contributed by atoms with Crippen molar-refractivity contribution in [2.75, 3.05) is 31.1 Å². The number of piperazine rings is 1. The van der Waals surface area contributed by atoms with Gasteiger partial charge in [0.25, 0.3) is 0 Å². The molecule has 1 aliphatic heterocycles. The number of para-hydroxylation sites is 1. The van der Waals surface area contributed by atoms with Crippen LogP contribution in [0.25, 0.3) is 10.9 Å². The van der Waals surface area contributed by atoms with Gasteiger partial charge in [0, 0.05) is 49.0 Å². The molecule has 2 aromatic rings. The zero-order chi connectivity index (χ0) is 12.4. The monoisotopic (exact) mass is 241 g/mol. The van der Waals surface area contributed by atoms with Gasteiger partial charge in [0.1, 0.15) is 0 Å². The Morgan fingerprint density at radius 2 is 2.06 bits per heavy atom. The summed E-state index contributed by atoms with van der Waals surface area (Å²) < 4.78 is 0. The first-order valence-corrected chi connectivity index (χ1v) is 6.19. The molecule has 0 amide bonds. The van der Waals surface area contributed by atoms with E-state index in [0.29, 0.717) is 5.56 Å². The quantitative estimate of drug-likeness (QED) is 0.808. The minimum atomic E-state index is 0.657. The van der Waals surface area contributed by atoms with Gasteiger partial charge >= 0.3 is 0 Å². The van der Waals surface area contributed by atoms with Crippen LogP contribution in [0.5, 0.6) is 0 Å². The largest absolute Gasteiger partial charge is 0.368 e. The molecule has 0 aliphatic carbocycles. The average Bonchev–Trinajstić information content (AvgIpc) is 2.47. The Morgan fingerprint density at radius 3 is 2.83 bits per heavy atom. The Kier molecular flexibility index (Phi) is 2.94. The molecule has 92 valence electrons. The number of nitrogens with zero attached hydrogens (tertiary/aromatic N) is 2. The Hall–Kier alpha value is -1.94. The first kappa shape index (κ1) is 11.2. The molecular weight excluding hydrogens is 226 g/mol. The van der Waals surface area contributed by atoms with Crippen LogP contribution in [0.15, 0.2) is 30.5 Å². The lowest BCUT2D eigenvalue weighted by Crippen LogP contribution is -2.43. The highest BCUT2D eigenvalue weighted by molar-refractivity contribution is 6.01. The number of carbonyl (C=O) groups excluding carboxylic acids is 1. The van der Waals surface area contributed by atoms with E-state index in [2.05, 4.69) is 15.2 Å². The molecule has 2 heterocycles. The fourth-order valence-electron chi connectivity index (χ4n) is 2.46. The molecule has 18 heavy (non-hydrogen) atoms. The second-order valence-corrected chi connectivity index (χ2v) is 4.43. The Bertz CT molecular complexity index is 576. The highest BCUT2D eigenvalue weighted by Crippen LogP contribution is 2.26. The second kappa shape index (κ2) is 4.74. The Morgan fingerprint density at radius 1 is 1.22 bits per heavy atom. The first-order valence-electron chi connectivity index (χ1n) is 6.19. The van der Waals surface area contributed by atoms with Gasteiger partial charge in [-0.1, -0.05) is 12.1 Å². The molecule has 3 rings (SSSR count). The third-order valence-corrected chi connectivity index (χ3v) is 3.36. The molecule has 0 atom stereocenters. The number of rotatable bonds is 2. The summed E-state index contributed by atoms with van der Waals surface area (Å²) in [7, 11) is 0. The van der Waals surface area contributed by atoms with Crippen LogP contribution < -0.4 is 10.2 Å². The molecule has 1 fully saturated rings. The number of aldehydes is 1. The van der Waals surface area contributed by atoms with E-state index < -0.39 is 0 Å². The number of carbonyl (C=O) groups is 1. The van der Waals surface area contributed by atoms with Gasteiger partial charge in [-0.25, -0.2) is 0 Å². The topological polar surface area (TPSA) is 45.2 Å². The minimum Gasteiger partial charge on any atom is -0.368 e. The molecule has 4 nitrogen and oxygen atoms in total. The van der Waals surface area contributed by atoms with Crippen LogP contribution in [0.3, 0.4) is 0 Å². The molecular formula is C14H15N3O. The van der Waals surface area contributed by atoms with Gasteiger partial charge in [-0.2, -0.15) is 0 Å². The van der Waals surface area contributed by atoms with Crippen LogP contribution in [0, 0.1) is 0 Å². The summed E-state index contributed by atoms with van der Waals surface area (Å²) in [5, 5.41) is 4.40. The van der Waals surface area contributed by atoms with Crippen LogP contribution in [0.2, 0.25) is 0 Å². The smallest absolute Gasteiger partial charge is 0.152 e. The standard InChI is InChI=1S/C14H15N3O/c18-10-11-2-1-3-12-13(4-5-16-14(11)12)17-8-6-15-7-9-17/h1-5,10,15H,6-9H2. The predicted molar refractivity (Wildman–Crippen MR) is 72.2 cm³/mol. The van der Waals surface area contributed by atoms with Gasteiger partial charge in [0.15, 0.2) is 6.29 Å². The molecule has 1 saturated heterocycles. The van der Waals surface area contributed by atoms with E-state index >= 15 is 0 Å². The van der Waals surface area contributed by atoms with Crippen molar-refractivity contribution in [2.45, 2.75) is 0 Å². The normalized spacial score (nSPS) is 15.9. The van der Waals surface area contributed by atoms with Crippen LogP contribution >= 0.6 is 0 Å². The molecule has 0 saturated carbocycles. The SMILES string of the molecule is O=Cc1cccc2c(N3CCNCC3)ccnc12. The van der Waals surface area contributed by atoms with E-state index in [0.717, 1.165) is 43.4 Å². The summed E-state index contributed by atoms with van der Waals surface area (Å²) in [6, 6.07) is 7.79. The summed E-state index contributed by atoms with van der Waals surface area (Å²) >= 11 is 0. The number of hydrogen-bond donors (Lipinski definition) is 1. The number of benzene rings is 1. The van der Waals surface area contributed by atoms with Crippen molar-refractivity contribution in [3.05, 3.63) is 36.0 Å². The van der Waals surface area contributed by atoms with Crippen molar-refractivity contribution >= 4 is 22.9 Å². The molecule has 0 bridgehead atoms. The zero-order valence-corrected chi connectivity index (χ0v) is 10.1. The third-order valence-electron chi connectivity index (χ3n) is 3.36. The van der Waals surface area contributed by atoms with Crippen LogP contribution in [0.1, 0.15) is 10.4 Å². The maximum absolute atomic E-state index is 11.0. The third kappa shape index (κ3) is 1.84. The number of nitrogens with one attached hydrogen (secondary N) is 1. The van der Waals surface area contributed by atoms with Gasteiger partial charge in [0.2, 0.25) is 0 Å². The molecule has 4 heteroatoms. The lowest BCUT2D eigenvalue weighted by Gasteiger charge is -2.30. The fourth-order valence-corrected chi connectivity index (χ4v) is 2.46. The molecule has 1 aromatic heterocycles. The lowest BCUT2D eigenvalue weighted by molar-refractivity contribution is 0.112. The van der Waals surface area contributed by atoms with Crippen LogP contribution in [0.4, 0.5) is 5.69 Å². The van der Waals surface area contributed by atoms with E-state index in [-0.39, 0.29) is 0 Å². The number of aromatic nitrogens is 1. The minimum absolute atomic E-state index is 0.657. The van der Waals surface area contributed by atoms with E-state index in [1.165, 1.54) is 5.69 Å². The number of hydrogen-bond acceptors (Lipinski definition) is 4. The molecule has 1 aromatic carbocycles. The molecule has 1 N–H and O–H groups in total. The van der Waals surface area contributed by atoms with E-state index in [9.17, 15) is 4.79 Å². The fraction of sp³-hybridized carbons (Fsp3) is 0.286. The maximum Gasteiger partial charge on any atom is 0.152 e. The van der Waals surface area contributed by atoms with E-state index in [1.807, 2.05) is 24.3 Å². The second-order valence-electron chi connectivity index (χ2n) is 4.43. The Labute approximate surface area is 106 Å². The van der Waals surface area contributed by atoms with Gasteiger partial charge in [0.05, 0.1) is 5.52 Å². The van der Waals surface area contributed by atoms with Crippen LogP contribution in [-0.2, 0) is 0 Å². The van der Waals surface area contributed by atoms with Gasteiger partial charge in [-0.15, -0.1) is 0 Å². The van der Waals surface area contributed by atoms with Gasteiger partial charge < -0.3 is 10.2 Å². The number of pyridine rings is 1. The van der Waals surface area contributed by atoms with Crippen LogP contribution in [-0.4, -0.2) is 37.4 Å². The summed E-state index contributed by atoms with van der Waals surface area (Å²) in [5.74, 6) is 0. The van der Waals surface area contributed by atoms with Crippen molar-refractivity contribution in [1.82, 2.24) is 10.3 Å². The van der Waals surface area contributed by atoms with E-state index in [1.54, 1.807) is 6.20 Å². The summed E-state index contributed by atoms with van der Waals surface area (Å²) in [4.78, 5) is 17.7. The van der Waals surface area contributed by atoms with Crippen molar-refractivity contribution in [1.29, 1.82) is 0 Å². The Balaban J connectivity index is 2.14. The molecule has 0 spiro atoms. The molecule has 0 radical (unpaired) electrons. The molecule has 1 aliphatic rings. The zero-order valence-electron chi connectivity index (χ0n) is 10.1. The van der Waals surface area contributed by atoms with Crippen molar-refractivity contribution in [3.8, 4) is 0 Å². The summed E-state index contributed by atoms with van der Waals surface area (Å²) in [5.41, 5.74) is 2.62.